The molecule has 0 amide bonds. The van der Waals surface area contributed by atoms with Crippen molar-refractivity contribution in [3.8, 4) is 0 Å². The van der Waals surface area contributed by atoms with Crippen LogP contribution in [0.3, 0.4) is 0 Å². The minimum absolute atomic E-state index is 0.142. The van der Waals surface area contributed by atoms with E-state index in [1.807, 2.05) is 0 Å². The fourth-order valence-electron chi connectivity index (χ4n) is 2.28. The highest BCUT2D eigenvalue weighted by Crippen LogP contribution is 2.29. The van der Waals surface area contributed by atoms with E-state index in [0.717, 1.165) is 19.5 Å². The molecule has 0 unspecified atom stereocenters. The number of likely N-dealkylation sites (N-methyl/N-ethyl adjacent to an activating group) is 1. The normalized spacial score (nSPS) is 20.3. The first-order valence-electron chi connectivity index (χ1n) is 5.64. The number of hydrogen-bond acceptors (Lipinski definition) is 2. The van der Waals surface area contributed by atoms with E-state index < -0.39 is 0 Å². The molecule has 2 nitrogen and oxygen atoms in total. The molecule has 82 valence electrons. The lowest BCUT2D eigenvalue weighted by molar-refractivity contribution is 0.295. The summed E-state index contributed by atoms with van der Waals surface area (Å²) in [4.78, 5) is 2.31. The van der Waals surface area contributed by atoms with Crippen molar-refractivity contribution < 1.29 is 0 Å². The molecule has 14 heavy (non-hydrogen) atoms. The summed E-state index contributed by atoms with van der Waals surface area (Å²) < 4.78 is 0. The van der Waals surface area contributed by atoms with Gasteiger partial charge in [0.2, 0.25) is 0 Å². The maximum Gasteiger partial charge on any atom is 0.0184 e. The molecule has 0 aromatic carbocycles. The Bertz CT molecular complexity index is 192. The first-order valence-corrected chi connectivity index (χ1v) is 5.64. The summed E-state index contributed by atoms with van der Waals surface area (Å²) in [5.74, 6) is 0. The first-order chi connectivity index (χ1) is 6.52. The number of rotatable bonds is 5. The molecule has 0 aliphatic heterocycles. The van der Waals surface area contributed by atoms with Crippen molar-refractivity contribution in [1.29, 1.82) is 0 Å². The van der Waals surface area contributed by atoms with Gasteiger partial charge >= 0.3 is 0 Å². The van der Waals surface area contributed by atoms with Crippen LogP contribution in [0.15, 0.2) is 12.2 Å². The van der Waals surface area contributed by atoms with Gasteiger partial charge in [-0.3, -0.25) is 0 Å². The van der Waals surface area contributed by atoms with Crippen molar-refractivity contribution in [3.63, 3.8) is 0 Å². The van der Waals surface area contributed by atoms with Gasteiger partial charge in [0.25, 0.3) is 0 Å². The molecule has 0 atom stereocenters. The highest BCUT2D eigenvalue weighted by molar-refractivity contribution is 4.93. The molecule has 0 heterocycles. The molecule has 0 aromatic rings. The summed E-state index contributed by atoms with van der Waals surface area (Å²) in [6.45, 7) is 8.09. The quantitative estimate of drug-likeness (QED) is 0.683. The summed E-state index contributed by atoms with van der Waals surface area (Å²) in [6.07, 6.45) is 6.21. The maximum absolute atomic E-state index is 6.29. The van der Waals surface area contributed by atoms with Crippen molar-refractivity contribution in [3.05, 3.63) is 12.2 Å². The molecule has 0 saturated heterocycles. The highest BCUT2D eigenvalue weighted by atomic mass is 15.1. The lowest BCUT2D eigenvalue weighted by Crippen LogP contribution is -2.40. The fraction of sp³-hybridized carbons (Fsp3) is 0.833. The molecular formula is C12H24N2. The van der Waals surface area contributed by atoms with Gasteiger partial charge in [0.05, 0.1) is 0 Å². The summed E-state index contributed by atoms with van der Waals surface area (Å²) in [7, 11) is 2.15. The lowest BCUT2D eigenvalue weighted by Gasteiger charge is -2.26. The topological polar surface area (TPSA) is 29.3 Å². The Kier molecular flexibility index (Phi) is 4.14. The Morgan fingerprint density at radius 2 is 2.00 bits per heavy atom. The Labute approximate surface area is 88.2 Å². The molecule has 0 bridgehead atoms. The van der Waals surface area contributed by atoms with Crippen LogP contribution in [0.2, 0.25) is 0 Å². The van der Waals surface area contributed by atoms with Gasteiger partial charge in [-0.05, 0) is 39.8 Å². The summed E-state index contributed by atoms with van der Waals surface area (Å²) >= 11 is 0. The van der Waals surface area contributed by atoms with Crippen LogP contribution in [0, 0.1) is 0 Å². The van der Waals surface area contributed by atoms with Crippen LogP contribution in [-0.4, -0.2) is 30.6 Å². The molecule has 0 aromatic heterocycles. The van der Waals surface area contributed by atoms with Gasteiger partial charge in [0.15, 0.2) is 0 Å². The summed E-state index contributed by atoms with van der Waals surface area (Å²) in [5, 5.41) is 0. The zero-order valence-corrected chi connectivity index (χ0v) is 9.68. The minimum atomic E-state index is 0.142. The van der Waals surface area contributed by atoms with E-state index in [9.17, 15) is 0 Å². The van der Waals surface area contributed by atoms with Gasteiger partial charge in [-0.15, -0.1) is 0 Å². The number of hydrogen-bond donors (Lipinski definition) is 1. The van der Waals surface area contributed by atoms with E-state index in [-0.39, 0.29) is 5.54 Å². The third-order valence-corrected chi connectivity index (χ3v) is 3.13. The molecule has 1 aliphatic carbocycles. The van der Waals surface area contributed by atoms with Gasteiger partial charge in [-0.25, -0.2) is 0 Å². The second-order valence-electron chi connectivity index (χ2n) is 5.01. The standard InChI is InChI=1S/C12H24N2/c1-11(2)10-14(3)9-8-12(13)6-4-5-7-12/h1,4-10,13H2,2-3H3. The van der Waals surface area contributed by atoms with Gasteiger partial charge in [0, 0.05) is 12.1 Å². The van der Waals surface area contributed by atoms with Gasteiger partial charge in [0.1, 0.15) is 0 Å². The Balaban J connectivity index is 2.22. The predicted molar refractivity (Wildman–Crippen MR) is 62.3 cm³/mol. The Morgan fingerprint density at radius 1 is 1.43 bits per heavy atom. The van der Waals surface area contributed by atoms with Crippen LogP contribution < -0.4 is 5.73 Å². The number of nitrogens with two attached hydrogens (primary N) is 1. The van der Waals surface area contributed by atoms with Crippen LogP contribution in [-0.2, 0) is 0 Å². The van der Waals surface area contributed by atoms with Crippen molar-refractivity contribution in [2.75, 3.05) is 20.1 Å². The van der Waals surface area contributed by atoms with Gasteiger partial charge < -0.3 is 10.6 Å². The van der Waals surface area contributed by atoms with Crippen molar-refractivity contribution in [1.82, 2.24) is 4.90 Å². The monoisotopic (exact) mass is 196 g/mol. The molecule has 1 saturated carbocycles. The average Bonchev–Trinajstić information content (AvgIpc) is 2.49. The Hall–Kier alpha value is -0.340. The average molecular weight is 196 g/mol. The SMILES string of the molecule is C=C(C)CN(C)CCC1(N)CCCC1. The minimum Gasteiger partial charge on any atom is -0.325 e. The molecule has 1 aliphatic rings. The van der Waals surface area contributed by atoms with E-state index in [2.05, 4.69) is 25.5 Å². The van der Waals surface area contributed by atoms with Gasteiger partial charge in [-0.2, -0.15) is 0 Å². The van der Waals surface area contributed by atoms with Crippen LogP contribution in [0.25, 0.3) is 0 Å². The number of nitrogens with zero attached hydrogens (tertiary/aromatic N) is 1. The Morgan fingerprint density at radius 3 is 2.50 bits per heavy atom. The zero-order chi connectivity index (χ0) is 10.6. The fourth-order valence-corrected chi connectivity index (χ4v) is 2.28. The van der Waals surface area contributed by atoms with Crippen molar-refractivity contribution in [2.45, 2.75) is 44.6 Å². The maximum atomic E-state index is 6.29. The van der Waals surface area contributed by atoms with E-state index in [0.29, 0.717) is 0 Å². The van der Waals surface area contributed by atoms with Crippen molar-refractivity contribution >= 4 is 0 Å². The molecule has 0 radical (unpaired) electrons. The van der Waals surface area contributed by atoms with E-state index in [4.69, 9.17) is 5.73 Å². The van der Waals surface area contributed by atoms with Crippen LogP contribution in [0.5, 0.6) is 0 Å². The van der Waals surface area contributed by atoms with Gasteiger partial charge in [-0.1, -0.05) is 25.0 Å². The second-order valence-corrected chi connectivity index (χ2v) is 5.01. The van der Waals surface area contributed by atoms with E-state index in [1.165, 1.54) is 31.3 Å². The lowest BCUT2D eigenvalue weighted by atomic mass is 9.94. The first kappa shape index (κ1) is 11.7. The summed E-state index contributed by atoms with van der Waals surface area (Å²) in [5.41, 5.74) is 7.66. The predicted octanol–water partition coefficient (Wildman–Crippen LogP) is 2.16. The van der Waals surface area contributed by atoms with Crippen LogP contribution in [0.4, 0.5) is 0 Å². The molecule has 0 spiro atoms. The molecule has 2 heteroatoms. The van der Waals surface area contributed by atoms with E-state index >= 15 is 0 Å². The third kappa shape index (κ3) is 3.81. The summed E-state index contributed by atoms with van der Waals surface area (Å²) in [6, 6.07) is 0. The molecule has 1 fully saturated rings. The van der Waals surface area contributed by atoms with Crippen LogP contribution >= 0.6 is 0 Å². The van der Waals surface area contributed by atoms with Crippen molar-refractivity contribution in [2.24, 2.45) is 5.73 Å². The highest BCUT2D eigenvalue weighted by Gasteiger charge is 2.28. The molecule has 2 N–H and O–H groups in total. The largest absolute Gasteiger partial charge is 0.325 e. The third-order valence-electron chi connectivity index (χ3n) is 3.13. The zero-order valence-electron chi connectivity index (χ0n) is 9.68. The van der Waals surface area contributed by atoms with E-state index in [1.54, 1.807) is 0 Å². The smallest absolute Gasteiger partial charge is 0.0184 e. The van der Waals surface area contributed by atoms with Crippen LogP contribution in [0.1, 0.15) is 39.0 Å². The second kappa shape index (κ2) is 4.94. The molecule has 1 rings (SSSR count). The molecular weight excluding hydrogens is 172 g/mol.